The van der Waals surface area contributed by atoms with Gasteiger partial charge in [0.1, 0.15) is 5.75 Å². The Labute approximate surface area is 125 Å². The third kappa shape index (κ3) is 4.20. The van der Waals surface area contributed by atoms with Gasteiger partial charge < -0.3 is 11.1 Å². The summed E-state index contributed by atoms with van der Waals surface area (Å²) in [5, 5.41) is 2.22. The Balaban J connectivity index is 2.00. The molecule has 0 bridgehead atoms. The Bertz CT molecular complexity index is 620. The summed E-state index contributed by atoms with van der Waals surface area (Å²) in [7, 11) is -3.38. The van der Waals surface area contributed by atoms with E-state index >= 15 is 0 Å². The van der Waals surface area contributed by atoms with E-state index in [1.807, 2.05) is 13.0 Å². The van der Waals surface area contributed by atoms with Crippen LogP contribution >= 0.6 is 0 Å². The molecule has 3 N–H and O–H groups in total. The summed E-state index contributed by atoms with van der Waals surface area (Å²) in [5.41, 5.74) is 7.70. The van der Waals surface area contributed by atoms with Crippen LogP contribution in [0.25, 0.3) is 0 Å². The molecule has 1 aliphatic carbocycles. The second kappa shape index (κ2) is 6.47. The van der Waals surface area contributed by atoms with E-state index in [1.54, 1.807) is 12.1 Å². The van der Waals surface area contributed by atoms with Gasteiger partial charge in [-0.15, -0.1) is 0 Å². The van der Waals surface area contributed by atoms with E-state index < -0.39 is 21.5 Å². The smallest absolute Gasteiger partial charge is 0.239 e. The summed E-state index contributed by atoms with van der Waals surface area (Å²) in [6.45, 7) is 1.90. The Hall–Kier alpha value is -1.56. The van der Waals surface area contributed by atoms with Crippen molar-refractivity contribution in [2.45, 2.75) is 44.3 Å². The fraction of sp³-hybridized carbons (Fsp3) is 0.533. The third-order valence-electron chi connectivity index (χ3n) is 3.87. The molecule has 0 radical (unpaired) electrons. The lowest BCUT2D eigenvalue weighted by Crippen LogP contribution is -2.32. The summed E-state index contributed by atoms with van der Waals surface area (Å²) in [6, 6.07) is 5.25. The van der Waals surface area contributed by atoms with Crippen molar-refractivity contribution in [1.82, 2.24) is 0 Å². The van der Waals surface area contributed by atoms with Crippen LogP contribution in [0.5, 0.6) is 0 Å². The van der Waals surface area contributed by atoms with E-state index in [1.165, 1.54) is 0 Å². The number of rotatable bonds is 4. The average Bonchev–Trinajstić information content (AvgIpc) is 2.42. The minimum absolute atomic E-state index is 0.368. The number of nitrogens with one attached hydrogen (secondary N) is 1. The molecule has 0 aromatic heterocycles. The molecule has 6 heteroatoms. The van der Waals surface area contributed by atoms with Crippen molar-refractivity contribution in [3.63, 3.8) is 0 Å². The molecule has 1 aliphatic rings. The Kier molecular flexibility index (Phi) is 4.88. The number of anilines is 2. The minimum atomic E-state index is -3.38. The van der Waals surface area contributed by atoms with E-state index in [0.717, 1.165) is 24.8 Å². The van der Waals surface area contributed by atoms with Gasteiger partial charge in [0, 0.05) is 0 Å². The molecular weight excluding hydrogens is 288 g/mol. The maximum atomic E-state index is 12.2. The zero-order chi connectivity index (χ0) is 15.5. The zero-order valence-electron chi connectivity index (χ0n) is 12.3. The number of hydrogen-bond acceptors (Lipinski definition) is 4. The van der Waals surface area contributed by atoms with Crippen LogP contribution in [0.2, 0.25) is 0 Å². The summed E-state index contributed by atoms with van der Waals surface area (Å²) in [6.07, 6.45) is 4.27. The molecule has 116 valence electrons. The number of aryl methyl sites for hydroxylation is 1. The molecule has 1 aromatic carbocycles. The van der Waals surface area contributed by atoms with Gasteiger partial charge in [-0.3, -0.25) is 4.79 Å². The normalized spacial score (nSPS) is 16.6. The SMILES string of the molecule is Cc1ccc(NC(=O)CS(=O)(=O)C2CCCCC2)c(N)c1. The van der Waals surface area contributed by atoms with Gasteiger partial charge in [-0.25, -0.2) is 8.42 Å². The van der Waals surface area contributed by atoms with Crippen molar-refractivity contribution in [3.05, 3.63) is 23.8 Å². The van der Waals surface area contributed by atoms with Gasteiger partial charge in [-0.2, -0.15) is 0 Å². The Morgan fingerprint density at radius 1 is 1.29 bits per heavy atom. The molecule has 21 heavy (non-hydrogen) atoms. The number of benzene rings is 1. The monoisotopic (exact) mass is 310 g/mol. The highest BCUT2D eigenvalue weighted by Crippen LogP contribution is 2.25. The highest BCUT2D eigenvalue weighted by molar-refractivity contribution is 7.92. The Morgan fingerprint density at radius 3 is 2.57 bits per heavy atom. The predicted octanol–water partition coefficient (Wildman–Crippen LogP) is 2.26. The second-order valence-electron chi connectivity index (χ2n) is 5.71. The van der Waals surface area contributed by atoms with Crippen LogP contribution in [0.3, 0.4) is 0 Å². The first-order valence-corrected chi connectivity index (χ1v) is 8.97. The molecule has 0 unspecified atom stereocenters. The van der Waals surface area contributed by atoms with Gasteiger partial charge in [0.25, 0.3) is 0 Å². The summed E-state index contributed by atoms with van der Waals surface area (Å²) in [4.78, 5) is 12.0. The molecule has 1 saturated carbocycles. The number of amides is 1. The molecule has 0 heterocycles. The molecule has 0 saturated heterocycles. The summed E-state index contributed by atoms with van der Waals surface area (Å²) >= 11 is 0. The van der Waals surface area contributed by atoms with Crippen LogP contribution < -0.4 is 11.1 Å². The van der Waals surface area contributed by atoms with Crippen LogP contribution in [0, 0.1) is 6.92 Å². The fourth-order valence-corrected chi connectivity index (χ4v) is 4.43. The van der Waals surface area contributed by atoms with E-state index in [0.29, 0.717) is 24.2 Å². The quantitative estimate of drug-likeness (QED) is 0.835. The van der Waals surface area contributed by atoms with Crippen molar-refractivity contribution in [1.29, 1.82) is 0 Å². The molecular formula is C15H22N2O3S. The van der Waals surface area contributed by atoms with E-state index in [4.69, 9.17) is 5.73 Å². The van der Waals surface area contributed by atoms with Crippen LogP contribution in [0.4, 0.5) is 11.4 Å². The van der Waals surface area contributed by atoms with Crippen molar-refractivity contribution in [2.75, 3.05) is 16.8 Å². The first-order chi connectivity index (χ1) is 9.88. The first kappa shape index (κ1) is 15.8. The van der Waals surface area contributed by atoms with E-state index in [2.05, 4.69) is 5.32 Å². The maximum absolute atomic E-state index is 12.2. The Morgan fingerprint density at radius 2 is 1.95 bits per heavy atom. The molecule has 1 fully saturated rings. The van der Waals surface area contributed by atoms with Crippen LogP contribution in [-0.4, -0.2) is 25.3 Å². The third-order valence-corrected chi connectivity index (χ3v) is 6.03. The number of sulfone groups is 1. The van der Waals surface area contributed by atoms with Crippen LogP contribution in [0.15, 0.2) is 18.2 Å². The molecule has 0 aliphatic heterocycles. The summed E-state index contributed by atoms with van der Waals surface area (Å²) in [5.74, 6) is -0.985. The van der Waals surface area contributed by atoms with Crippen molar-refractivity contribution >= 4 is 27.1 Å². The topological polar surface area (TPSA) is 89.3 Å². The molecule has 1 amide bonds. The van der Waals surface area contributed by atoms with Crippen molar-refractivity contribution < 1.29 is 13.2 Å². The van der Waals surface area contributed by atoms with Gasteiger partial charge in [-0.1, -0.05) is 25.3 Å². The lowest BCUT2D eigenvalue weighted by Gasteiger charge is -2.21. The van der Waals surface area contributed by atoms with Crippen molar-refractivity contribution in [2.24, 2.45) is 0 Å². The van der Waals surface area contributed by atoms with Gasteiger partial charge in [-0.05, 0) is 37.5 Å². The van der Waals surface area contributed by atoms with E-state index in [-0.39, 0.29) is 5.25 Å². The molecule has 1 aromatic rings. The minimum Gasteiger partial charge on any atom is -0.397 e. The highest BCUT2D eigenvalue weighted by Gasteiger charge is 2.29. The lowest BCUT2D eigenvalue weighted by atomic mass is 10.0. The highest BCUT2D eigenvalue weighted by atomic mass is 32.2. The standard InChI is InChI=1S/C15H22N2O3S/c1-11-7-8-14(13(16)9-11)17-15(18)10-21(19,20)12-5-3-2-4-6-12/h7-9,12H,2-6,10,16H2,1H3,(H,17,18). The number of hydrogen-bond donors (Lipinski definition) is 2. The molecule has 5 nitrogen and oxygen atoms in total. The zero-order valence-corrected chi connectivity index (χ0v) is 13.1. The average molecular weight is 310 g/mol. The fourth-order valence-electron chi connectivity index (χ4n) is 2.71. The summed E-state index contributed by atoms with van der Waals surface area (Å²) < 4.78 is 24.5. The van der Waals surface area contributed by atoms with Crippen LogP contribution in [-0.2, 0) is 14.6 Å². The number of carbonyl (C=O) groups excluding carboxylic acids is 1. The van der Waals surface area contributed by atoms with Gasteiger partial charge in [0.15, 0.2) is 9.84 Å². The van der Waals surface area contributed by atoms with Crippen molar-refractivity contribution in [3.8, 4) is 0 Å². The lowest BCUT2D eigenvalue weighted by molar-refractivity contribution is -0.113. The second-order valence-corrected chi connectivity index (χ2v) is 7.99. The molecule has 0 atom stereocenters. The van der Waals surface area contributed by atoms with Crippen LogP contribution in [0.1, 0.15) is 37.7 Å². The van der Waals surface area contributed by atoms with E-state index in [9.17, 15) is 13.2 Å². The van der Waals surface area contributed by atoms with Gasteiger partial charge in [0.2, 0.25) is 5.91 Å². The number of nitrogens with two attached hydrogens (primary N) is 1. The predicted molar refractivity (Wildman–Crippen MR) is 84.9 cm³/mol. The van der Waals surface area contributed by atoms with Gasteiger partial charge in [0.05, 0.1) is 16.6 Å². The number of nitrogen functional groups attached to an aromatic ring is 1. The molecule has 0 spiro atoms. The largest absolute Gasteiger partial charge is 0.397 e. The molecule has 2 rings (SSSR count). The number of carbonyl (C=O) groups is 1. The maximum Gasteiger partial charge on any atom is 0.239 e. The van der Waals surface area contributed by atoms with Gasteiger partial charge >= 0.3 is 0 Å². The first-order valence-electron chi connectivity index (χ1n) is 7.26.